The van der Waals surface area contributed by atoms with Crippen molar-refractivity contribution in [3.8, 4) is 0 Å². The molecular weight excluding hydrogens is 497 g/mol. The summed E-state index contributed by atoms with van der Waals surface area (Å²) in [7, 11) is 0. The third kappa shape index (κ3) is 5.45. The summed E-state index contributed by atoms with van der Waals surface area (Å²) in [5, 5.41) is 3.21. The summed E-state index contributed by atoms with van der Waals surface area (Å²) in [6.45, 7) is 3.97. The number of aryl methyl sites for hydroxylation is 1. The monoisotopic (exact) mass is 530 g/mol. The Balaban J connectivity index is 1.11. The van der Waals surface area contributed by atoms with Crippen molar-refractivity contribution in [1.82, 2.24) is 20.1 Å². The number of nitrogens with zero attached hydrogens (tertiary/aromatic N) is 3. The number of halogens is 3. The molecule has 38 heavy (non-hydrogen) atoms. The number of benzene rings is 1. The smallest absolute Gasteiger partial charge is 0.380 e. The number of ether oxygens (including phenoxy) is 2. The van der Waals surface area contributed by atoms with Gasteiger partial charge in [0.1, 0.15) is 0 Å². The van der Waals surface area contributed by atoms with Crippen LogP contribution in [-0.2, 0) is 39.8 Å². The van der Waals surface area contributed by atoms with E-state index in [4.69, 9.17) is 9.47 Å². The fourth-order valence-corrected chi connectivity index (χ4v) is 6.33. The molecule has 0 radical (unpaired) electrons. The lowest BCUT2D eigenvalue weighted by Crippen LogP contribution is -2.48. The van der Waals surface area contributed by atoms with E-state index in [1.54, 1.807) is 12.3 Å². The van der Waals surface area contributed by atoms with Crippen LogP contribution in [0.4, 0.5) is 13.2 Å². The molecule has 4 atom stereocenters. The number of amides is 1. The Labute approximate surface area is 220 Å². The van der Waals surface area contributed by atoms with Gasteiger partial charge in [0.05, 0.1) is 37.0 Å². The van der Waals surface area contributed by atoms with Crippen molar-refractivity contribution in [2.24, 2.45) is 0 Å². The van der Waals surface area contributed by atoms with Gasteiger partial charge in [-0.25, -0.2) is 0 Å². The van der Waals surface area contributed by atoms with Gasteiger partial charge in [0.2, 0.25) is 5.91 Å². The maximum atomic E-state index is 13.2. The van der Waals surface area contributed by atoms with Crippen LogP contribution in [0, 0.1) is 0 Å². The molecule has 1 N–H and O–H groups in total. The highest BCUT2D eigenvalue weighted by Gasteiger charge is 2.41. The Morgan fingerprint density at radius 1 is 1.13 bits per heavy atom. The minimum absolute atomic E-state index is 0.0152. The molecule has 204 valence electrons. The fraction of sp³-hybridized carbons (Fsp3) is 0.571. The second-order valence-corrected chi connectivity index (χ2v) is 10.9. The molecule has 7 nitrogen and oxygen atoms in total. The standard InChI is InChI=1S/C28H33F3N4O3/c29-28(30,31)21-3-1-18-6-9-34(13-20(18)11-21)16-27(36)33-24-14-35(22-7-10-37-17-22)15-26(24)38-25-4-2-19-12-32-8-5-23(19)25/h1,3,5,8,11-12,22,24-26H,2,4,6-7,9-10,13-17H2,(H,33,36)/t22?,24?,25?,26-/m0/s1. The summed E-state index contributed by atoms with van der Waals surface area (Å²) >= 11 is 0. The van der Waals surface area contributed by atoms with Crippen molar-refractivity contribution in [2.75, 3.05) is 39.4 Å². The van der Waals surface area contributed by atoms with Crippen molar-refractivity contribution in [3.05, 3.63) is 64.5 Å². The summed E-state index contributed by atoms with van der Waals surface area (Å²) in [6, 6.07) is 6.11. The van der Waals surface area contributed by atoms with Crippen LogP contribution in [0.3, 0.4) is 0 Å². The van der Waals surface area contributed by atoms with Crippen molar-refractivity contribution >= 4 is 5.91 Å². The van der Waals surface area contributed by atoms with Crippen LogP contribution in [0.25, 0.3) is 0 Å². The van der Waals surface area contributed by atoms with Gasteiger partial charge in [-0.1, -0.05) is 6.07 Å². The van der Waals surface area contributed by atoms with E-state index in [0.29, 0.717) is 44.3 Å². The molecule has 1 aromatic heterocycles. The first-order valence-electron chi connectivity index (χ1n) is 13.4. The number of carbonyl (C=O) groups is 1. The molecule has 1 aromatic carbocycles. The quantitative estimate of drug-likeness (QED) is 0.619. The van der Waals surface area contributed by atoms with Crippen molar-refractivity contribution in [1.29, 1.82) is 0 Å². The molecule has 0 spiro atoms. The number of nitrogens with one attached hydrogen (secondary N) is 1. The number of aromatic nitrogens is 1. The topological polar surface area (TPSA) is 66.9 Å². The van der Waals surface area contributed by atoms with Crippen LogP contribution in [0.5, 0.6) is 0 Å². The lowest BCUT2D eigenvalue weighted by atomic mass is 9.97. The summed E-state index contributed by atoms with van der Waals surface area (Å²) in [6.07, 6.45) is 2.59. The SMILES string of the molecule is O=C(CN1CCc2ccc(C(F)(F)F)cc2C1)NC1CN(C2CCOC2)C[C@@H]1OC1CCc2cnccc21. The number of carbonyl (C=O) groups excluding carboxylic acids is 1. The number of rotatable bonds is 6. The molecule has 2 aromatic rings. The van der Waals surface area contributed by atoms with E-state index in [0.717, 1.165) is 44.0 Å². The Morgan fingerprint density at radius 3 is 2.84 bits per heavy atom. The van der Waals surface area contributed by atoms with Crippen LogP contribution in [-0.4, -0.2) is 78.3 Å². The number of alkyl halides is 3. The first kappa shape index (κ1) is 25.7. The third-order valence-electron chi connectivity index (χ3n) is 8.36. The average molecular weight is 531 g/mol. The highest BCUT2D eigenvalue weighted by molar-refractivity contribution is 5.78. The van der Waals surface area contributed by atoms with E-state index in [1.165, 1.54) is 17.2 Å². The zero-order valence-electron chi connectivity index (χ0n) is 21.3. The second-order valence-electron chi connectivity index (χ2n) is 10.9. The fourth-order valence-electron chi connectivity index (χ4n) is 6.33. The Kier molecular flexibility index (Phi) is 7.15. The predicted molar refractivity (Wildman–Crippen MR) is 133 cm³/mol. The van der Waals surface area contributed by atoms with Gasteiger partial charge in [0, 0.05) is 51.2 Å². The van der Waals surface area contributed by atoms with E-state index in [9.17, 15) is 18.0 Å². The molecule has 6 rings (SSSR count). The van der Waals surface area contributed by atoms with Gasteiger partial charge < -0.3 is 14.8 Å². The van der Waals surface area contributed by atoms with Gasteiger partial charge in [-0.3, -0.25) is 19.6 Å². The van der Waals surface area contributed by atoms with E-state index in [2.05, 4.69) is 15.2 Å². The first-order chi connectivity index (χ1) is 18.3. The molecule has 0 bridgehead atoms. The van der Waals surface area contributed by atoms with E-state index in [-0.39, 0.29) is 30.7 Å². The molecule has 4 aliphatic rings. The Hall–Kier alpha value is -2.53. The molecule has 1 amide bonds. The molecule has 0 saturated carbocycles. The van der Waals surface area contributed by atoms with E-state index in [1.807, 2.05) is 17.2 Å². The van der Waals surface area contributed by atoms with Crippen LogP contribution < -0.4 is 5.32 Å². The van der Waals surface area contributed by atoms with Crippen LogP contribution in [0.15, 0.2) is 36.7 Å². The third-order valence-corrected chi connectivity index (χ3v) is 8.36. The molecule has 1 aliphatic carbocycles. The normalized spacial score (nSPS) is 27.9. The van der Waals surface area contributed by atoms with Crippen molar-refractivity contribution < 1.29 is 27.4 Å². The highest BCUT2D eigenvalue weighted by Crippen LogP contribution is 2.36. The van der Waals surface area contributed by atoms with E-state index < -0.39 is 11.7 Å². The van der Waals surface area contributed by atoms with Crippen LogP contribution in [0.1, 0.15) is 46.8 Å². The maximum Gasteiger partial charge on any atom is 0.416 e. The van der Waals surface area contributed by atoms with Gasteiger partial charge >= 0.3 is 6.18 Å². The molecule has 2 saturated heterocycles. The molecule has 10 heteroatoms. The highest BCUT2D eigenvalue weighted by atomic mass is 19.4. The number of hydrogen-bond donors (Lipinski definition) is 1. The molecule has 3 unspecified atom stereocenters. The largest absolute Gasteiger partial charge is 0.416 e. The molecule has 2 fully saturated rings. The zero-order valence-corrected chi connectivity index (χ0v) is 21.3. The summed E-state index contributed by atoms with van der Waals surface area (Å²) in [5.41, 5.74) is 3.31. The lowest BCUT2D eigenvalue weighted by molar-refractivity contribution is -0.137. The molecule has 3 aliphatic heterocycles. The minimum Gasteiger partial charge on any atom is -0.380 e. The summed E-state index contributed by atoms with van der Waals surface area (Å²) < 4.78 is 51.8. The van der Waals surface area contributed by atoms with Gasteiger partial charge in [0.25, 0.3) is 0 Å². The number of hydrogen-bond acceptors (Lipinski definition) is 6. The summed E-state index contributed by atoms with van der Waals surface area (Å²) in [5.74, 6) is -0.125. The number of pyridine rings is 1. The van der Waals surface area contributed by atoms with Gasteiger partial charge in [-0.05, 0) is 66.1 Å². The summed E-state index contributed by atoms with van der Waals surface area (Å²) in [4.78, 5) is 21.7. The zero-order chi connectivity index (χ0) is 26.3. The van der Waals surface area contributed by atoms with Gasteiger partial charge in [0.15, 0.2) is 0 Å². The second kappa shape index (κ2) is 10.6. The Morgan fingerprint density at radius 2 is 2.03 bits per heavy atom. The minimum atomic E-state index is -4.38. The first-order valence-corrected chi connectivity index (χ1v) is 13.4. The Bertz CT molecular complexity index is 1170. The van der Waals surface area contributed by atoms with Crippen molar-refractivity contribution in [2.45, 2.75) is 62.7 Å². The van der Waals surface area contributed by atoms with Crippen LogP contribution in [0.2, 0.25) is 0 Å². The lowest BCUT2D eigenvalue weighted by Gasteiger charge is -2.30. The number of fused-ring (bicyclic) bond motifs is 2. The molecular formula is C28H33F3N4O3. The van der Waals surface area contributed by atoms with Gasteiger partial charge in [-0.2, -0.15) is 13.2 Å². The average Bonchev–Trinajstić information content (AvgIpc) is 3.64. The number of likely N-dealkylation sites (tertiary alicyclic amines) is 1. The van der Waals surface area contributed by atoms with E-state index >= 15 is 0 Å². The maximum absolute atomic E-state index is 13.2. The van der Waals surface area contributed by atoms with Crippen LogP contribution >= 0.6 is 0 Å². The van der Waals surface area contributed by atoms with Gasteiger partial charge in [-0.15, -0.1) is 0 Å². The predicted octanol–water partition coefficient (Wildman–Crippen LogP) is 3.12. The molecule has 4 heterocycles. The van der Waals surface area contributed by atoms with Crippen molar-refractivity contribution in [3.63, 3.8) is 0 Å².